The largest absolute Gasteiger partial charge is 0.416 e. The second-order valence-corrected chi connectivity index (χ2v) is 7.06. The molecule has 3 aromatic rings. The molecule has 5 heteroatoms. The Morgan fingerprint density at radius 1 is 0.815 bits per heavy atom. The van der Waals surface area contributed by atoms with Crippen molar-refractivity contribution in [1.29, 1.82) is 0 Å². The fraction of sp³-hybridized carbons (Fsp3) is 0.318. The van der Waals surface area contributed by atoms with Crippen molar-refractivity contribution in [3.63, 3.8) is 0 Å². The number of hydrogen-bond acceptors (Lipinski definition) is 4. The van der Waals surface area contributed by atoms with E-state index in [-0.39, 0.29) is 5.91 Å². The highest BCUT2D eigenvalue weighted by atomic mass is 16.4. The average Bonchev–Trinajstić information content (AvgIpc) is 3.03. The molecule has 4 rings (SSSR count). The van der Waals surface area contributed by atoms with E-state index >= 15 is 0 Å². The molecule has 0 unspecified atom stereocenters. The first kappa shape index (κ1) is 17.5. The summed E-state index contributed by atoms with van der Waals surface area (Å²) in [7, 11) is 0. The summed E-state index contributed by atoms with van der Waals surface area (Å²) in [4.78, 5) is 14.7. The Morgan fingerprint density at radius 3 is 1.89 bits per heavy atom. The third-order valence-electron chi connectivity index (χ3n) is 5.00. The number of rotatable bonds is 3. The van der Waals surface area contributed by atoms with Gasteiger partial charge in [-0.2, -0.15) is 0 Å². The Morgan fingerprint density at radius 2 is 1.33 bits per heavy atom. The van der Waals surface area contributed by atoms with Gasteiger partial charge in [0.15, 0.2) is 0 Å². The third-order valence-corrected chi connectivity index (χ3v) is 5.00. The minimum Gasteiger partial charge on any atom is -0.416 e. The van der Waals surface area contributed by atoms with Gasteiger partial charge in [0.2, 0.25) is 11.8 Å². The van der Waals surface area contributed by atoms with Crippen molar-refractivity contribution < 1.29 is 9.21 Å². The van der Waals surface area contributed by atoms with E-state index in [1.165, 1.54) is 18.4 Å². The van der Waals surface area contributed by atoms with Gasteiger partial charge in [0.1, 0.15) is 0 Å². The maximum Gasteiger partial charge on any atom is 0.253 e. The Bertz CT molecular complexity index is 905. The van der Waals surface area contributed by atoms with E-state index in [4.69, 9.17) is 4.42 Å². The molecule has 2 heterocycles. The Kier molecular flexibility index (Phi) is 5.01. The average molecular weight is 361 g/mol. The van der Waals surface area contributed by atoms with Gasteiger partial charge in [-0.05, 0) is 56.2 Å². The number of aromatic nitrogens is 2. The van der Waals surface area contributed by atoms with Crippen LogP contribution < -0.4 is 0 Å². The topological polar surface area (TPSA) is 59.2 Å². The zero-order valence-electron chi connectivity index (χ0n) is 15.5. The van der Waals surface area contributed by atoms with Crippen LogP contribution >= 0.6 is 0 Å². The number of carbonyl (C=O) groups is 1. The molecule has 1 amide bonds. The quantitative estimate of drug-likeness (QED) is 0.677. The van der Waals surface area contributed by atoms with Crippen LogP contribution in [0.25, 0.3) is 22.9 Å². The number of benzene rings is 2. The molecular weight excluding hydrogens is 338 g/mol. The lowest BCUT2D eigenvalue weighted by atomic mass is 10.1. The normalized spacial score (nSPS) is 14.8. The Labute approximate surface area is 159 Å². The molecule has 27 heavy (non-hydrogen) atoms. The summed E-state index contributed by atoms with van der Waals surface area (Å²) < 4.78 is 5.81. The fourth-order valence-electron chi connectivity index (χ4n) is 3.36. The SMILES string of the molecule is Cc1ccc(-c2nnc(-c3ccc(C(=O)N4CCCCCC4)cc3)o2)cc1. The van der Waals surface area contributed by atoms with Crippen LogP contribution in [0.3, 0.4) is 0 Å². The van der Waals surface area contributed by atoms with E-state index in [2.05, 4.69) is 10.2 Å². The van der Waals surface area contributed by atoms with Crippen molar-refractivity contribution >= 4 is 5.91 Å². The summed E-state index contributed by atoms with van der Waals surface area (Å²) in [6, 6.07) is 15.4. The van der Waals surface area contributed by atoms with Crippen molar-refractivity contribution in [2.45, 2.75) is 32.6 Å². The summed E-state index contributed by atoms with van der Waals surface area (Å²) in [5.74, 6) is 1.06. The second kappa shape index (κ2) is 7.74. The van der Waals surface area contributed by atoms with Crippen LogP contribution in [-0.4, -0.2) is 34.1 Å². The molecule has 0 aliphatic carbocycles. The first-order chi connectivity index (χ1) is 13.2. The molecule has 1 aliphatic heterocycles. The number of amides is 1. The van der Waals surface area contributed by atoms with Gasteiger partial charge in [0, 0.05) is 29.8 Å². The third kappa shape index (κ3) is 3.92. The van der Waals surface area contributed by atoms with E-state index in [0.29, 0.717) is 17.3 Å². The summed E-state index contributed by atoms with van der Waals surface area (Å²) in [6.45, 7) is 3.74. The van der Waals surface area contributed by atoms with Crippen molar-refractivity contribution in [3.8, 4) is 22.9 Å². The molecule has 5 nitrogen and oxygen atoms in total. The zero-order valence-corrected chi connectivity index (χ0v) is 15.5. The lowest BCUT2D eigenvalue weighted by Gasteiger charge is -2.20. The zero-order chi connectivity index (χ0) is 18.6. The smallest absolute Gasteiger partial charge is 0.253 e. The lowest BCUT2D eigenvalue weighted by Crippen LogP contribution is -2.31. The van der Waals surface area contributed by atoms with Crippen molar-refractivity contribution in [2.24, 2.45) is 0 Å². The van der Waals surface area contributed by atoms with Gasteiger partial charge in [0.25, 0.3) is 5.91 Å². The van der Waals surface area contributed by atoms with Crippen LogP contribution in [0.2, 0.25) is 0 Å². The van der Waals surface area contributed by atoms with Gasteiger partial charge >= 0.3 is 0 Å². The molecule has 2 aromatic carbocycles. The van der Waals surface area contributed by atoms with E-state index in [1.54, 1.807) is 0 Å². The number of hydrogen-bond donors (Lipinski definition) is 0. The standard InChI is InChI=1S/C22H23N3O2/c1-16-6-8-17(9-7-16)20-23-24-21(27-20)18-10-12-19(13-11-18)22(26)25-14-4-2-3-5-15-25/h6-13H,2-5,14-15H2,1H3. The lowest BCUT2D eigenvalue weighted by molar-refractivity contribution is 0.0761. The molecule has 1 aromatic heterocycles. The van der Waals surface area contributed by atoms with Crippen LogP contribution in [0.5, 0.6) is 0 Å². The predicted octanol–water partition coefficient (Wildman–Crippen LogP) is 4.73. The number of likely N-dealkylation sites (tertiary alicyclic amines) is 1. The first-order valence-corrected chi connectivity index (χ1v) is 9.51. The molecule has 0 spiro atoms. The monoisotopic (exact) mass is 361 g/mol. The summed E-state index contributed by atoms with van der Waals surface area (Å²) in [5, 5.41) is 8.29. The second-order valence-electron chi connectivity index (χ2n) is 7.06. The van der Waals surface area contributed by atoms with Gasteiger partial charge < -0.3 is 9.32 Å². The van der Waals surface area contributed by atoms with Crippen LogP contribution in [-0.2, 0) is 0 Å². The first-order valence-electron chi connectivity index (χ1n) is 9.51. The molecule has 1 fully saturated rings. The van der Waals surface area contributed by atoms with Gasteiger partial charge in [0.05, 0.1) is 0 Å². The highest BCUT2D eigenvalue weighted by molar-refractivity contribution is 5.94. The molecule has 0 atom stereocenters. The maximum absolute atomic E-state index is 12.7. The van der Waals surface area contributed by atoms with Crippen LogP contribution in [0.1, 0.15) is 41.6 Å². The number of nitrogens with zero attached hydrogens (tertiary/aromatic N) is 3. The number of carbonyl (C=O) groups excluding carboxylic acids is 1. The minimum absolute atomic E-state index is 0.106. The van der Waals surface area contributed by atoms with E-state index < -0.39 is 0 Å². The van der Waals surface area contributed by atoms with Gasteiger partial charge in [-0.1, -0.05) is 30.5 Å². The molecule has 0 N–H and O–H groups in total. The molecule has 1 aliphatic rings. The van der Waals surface area contributed by atoms with Gasteiger partial charge in [-0.15, -0.1) is 10.2 Å². The van der Waals surface area contributed by atoms with E-state index in [0.717, 1.165) is 37.1 Å². The van der Waals surface area contributed by atoms with Gasteiger partial charge in [-0.25, -0.2) is 0 Å². The summed E-state index contributed by atoms with van der Waals surface area (Å²) >= 11 is 0. The van der Waals surface area contributed by atoms with E-state index in [1.807, 2.05) is 60.4 Å². The Hall–Kier alpha value is -2.95. The minimum atomic E-state index is 0.106. The molecular formula is C22H23N3O2. The maximum atomic E-state index is 12.7. The molecule has 0 radical (unpaired) electrons. The van der Waals surface area contributed by atoms with Crippen LogP contribution in [0.4, 0.5) is 0 Å². The van der Waals surface area contributed by atoms with Crippen molar-refractivity contribution in [2.75, 3.05) is 13.1 Å². The predicted molar refractivity (Wildman–Crippen MR) is 104 cm³/mol. The Balaban J connectivity index is 1.50. The van der Waals surface area contributed by atoms with Crippen LogP contribution in [0, 0.1) is 6.92 Å². The summed E-state index contributed by atoms with van der Waals surface area (Å²) in [5.41, 5.74) is 3.60. The van der Waals surface area contributed by atoms with Crippen LogP contribution in [0.15, 0.2) is 52.9 Å². The van der Waals surface area contributed by atoms with Gasteiger partial charge in [-0.3, -0.25) is 4.79 Å². The number of aryl methyl sites for hydroxylation is 1. The molecule has 0 saturated carbocycles. The molecule has 1 saturated heterocycles. The molecule has 0 bridgehead atoms. The summed E-state index contributed by atoms with van der Waals surface area (Å²) in [6.07, 6.45) is 4.60. The highest BCUT2D eigenvalue weighted by Gasteiger charge is 2.18. The fourth-order valence-corrected chi connectivity index (χ4v) is 3.36. The van der Waals surface area contributed by atoms with E-state index in [9.17, 15) is 4.79 Å². The molecule has 138 valence electrons. The highest BCUT2D eigenvalue weighted by Crippen LogP contribution is 2.25. The van der Waals surface area contributed by atoms with Crippen molar-refractivity contribution in [3.05, 3.63) is 59.7 Å². The van der Waals surface area contributed by atoms with Crippen molar-refractivity contribution in [1.82, 2.24) is 15.1 Å².